The molecule has 1 aromatic rings. The zero-order valence-corrected chi connectivity index (χ0v) is 13.4. The summed E-state index contributed by atoms with van der Waals surface area (Å²) >= 11 is 0. The van der Waals surface area contributed by atoms with Crippen molar-refractivity contribution in [3.05, 3.63) is 23.8 Å². The van der Waals surface area contributed by atoms with Crippen molar-refractivity contribution in [2.75, 3.05) is 47.4 Å². The van der Waals surface area contributed by atoms with Crippen molar-refractivity contribution in [1.82, 2.24) is 9.80 Å². The molecular weight excluding hydrogens is 268 g/mol. The third-order valence-electron chi connectivity index (χ3n) is 4.27. The highest BCUT2D eigenvalue weighted by atomic mass is 16.5. The minimum atomic E-state index is -0.554. The van der Waals surface area contributed by atoms with Crippen LogP contribution in [0.25, 0.3) is 0 Å². The number of β-amino-alcohol motifs (C(OH)–C–C–N with tert-alkyl or cyclic N) is 1. The molecule has 0 radical (unpaired) electrons. The number of likely N-dealkylation sites (N-methyl/N-ethyl adjacent to an activating group) is 1. The minimum Gasteiger partial charge on any atom is -0.497 e. The third kappa shape index (κ3) is 3.87. The van der Waals surface area contributed by atoms with Gasteiger partial charge < -0.3 is 19.5 Å². The molecule has 1 fully saturated rings. The summed E-state index contributed by atoms with van der Waals surface area (Å²) in [4.78, 5) is 4.65. The van der Waals surface area contributed by atoms with Crippen LogP contribution >= 0.6 is 0 Å². The molecule has 0 amide bonds. The van der Waals surface area contributed by atoms with Crippen LogP contribution in [-0.2, 0) is 0 Å². The van der Waals surface area contributed by atoms with Crippen molar-refractivity contribution in [3.63, 3.8) is 0 Å². The second-order valence-electron chi connectivity index (χ2n) is 5.71. The SMILES string of the molecule is COc1ccc(C(O)CN2CCN(C)C(C)C2)c(OC)c1. The number of piperazine rings is 1. The van der Waals surface area contributed by atoms with E-state index in [1.54, 1.807) is 14.2 Å². The van der Waals surface area contributed by atoms with Gasteiger partial charge in [-0.2, -0.15) is 0 Å². The molecule has 1 aromatic carbocycles. The van der Waals surface area contributed by atoms with Gasteiger partial charge in [0.25, 0.3) is 0 Å². The molecule has 1 heterocycles. The fraction of sp³-hybridized carbons (Fsp3) is 0.625. The van der Waals surface area contributed by atoms with Crippen LogP contribution < -0.4 is 9.47 Å². The largest absolute Gasteiger partial charge is 0.497 e. The average molecular weight is 294 g/mol. The van der Waals surface area contributed by atoms with E-state index < -0.39 is 6.10 Å². The number of hydrogen-bond donors (Lipinski definition) is 1. The van der Waals surface area contributed by atoms with Gasteiger partial charge in [-0.1, -0.05) is 0 Å². The van der Waals surface area contributed by atoms with E-state index in [4.69, 9.17) is 9.47 Å². The quantitative estimate of drug-likeness (QED) is 0.889. The first-order chi connectivity index (χ1) is 10.0. The predicted molar refractivity (Wildman–Crippen MR) is 83.0 cm³/mol. The Morgan fingerprint density at radius 2 is 2.05 bits per heavy atom. The molecule has 0 bridgehead atoms. The number of hydrogen-bond acceptors (Lipinski definition) is 5. The van der Waals surface area contributed by atoms with Crippen LogP contribution in [-0.4, -0.2) is 68.4 Å². The summed E-state index contributed by atoms with van der Waals surface area (Å²) in [5.41, 5.74) is 0.810. The first-order valence-electron chi connectivity index (χ1n) is 7.37. The lowest BCUT2D eigenvalue weighted by Gasteiger charge is -2.38. The zero-order valence-electron chi connectivity index (χ0n) is 13.4. The van der Waals surface area contributed by atoms with E-state index in [9.17, 15) is 5.11 Å². The molecule has 2 rings (SSSR count). The van der Waals surface area contributed by atoms with E-state index in [1.165, 1.54) is 0 Å². The number of aliphatic hydroxyl groups excluding tert-OH is 1. The maximum Gasteiger partial charge on any atom is 0.128 e. The number of benzene rings is 1. The third-order valence-corrected chi connectivity index (χ3v) is 4.27. The highest BCUT2D eigenvalue weighted by Gasteiger charge is 2.24. The van der Waals surface area contributed by atoms with Gasteiger partial charge in [-0.25, -0.2) is 0 Å². The summed E-state index contributed by atoms with van der Waals surface area (Å²) < 4.78 is 10.6. The molecule has 21 heavy (non-hydrogen) atoms. The van der Waals surface area contributed by atoms with E-state index >= 15 is 0 Å². The van der Waals surface area contributed by atoms with Crippen molar-refractivity contribution in [3.8, 4) is 11.5 Å². The Bertz CT molecular complexity index is 467. The molecule has 0 aromatic heterocycles. The predicted octanol–water partition coefficient (Wildman–Crippen LogP) is 1.37. The molecule has 0 spiro atoms. The number of nitrogens with zero attached hydrogens (tertiary/aromatic N) is 2. The average Bonchev–Trinajstić information content (AvgIpc) is 2.50. The Hall–Kier alpha value is -1.30. The second kappa shape index (κ2) is 7.11. The molecule has 1 saturated heterocycles. The molecule has 1 aliphatic heterocycles. The Kier molecular flexibility index (Phi) is 5.45. The summed E-state index contributed by atoms with van der Waals surface area (Å²) in [6.07, 6.45) is -0.554. The van der Waals surface area contributed by atoms with E-state index in [0.29, 0.717) is 18.3 Å². The van der Waals surface area contributed by atoms with Gasteiger partial charge in [0.15, 0.2) is 0 Å². The van der Waals surface area contributed by atoms with Crippen molar-refractivity contribution in [2.45, 2.75) is 19.1 Å². The van der Waals surface area contributed by atoms with Crippen LogP contribution in [0.1, 0.15) is 18.6 Å². The molecule has 5 nitrogen and oxygen atoms in total. The topological polar surface area (TPSA) is 45.2 Å². The minimum absolute atomic E-state index is 0.517. The summed E-state index contributed by atoms with van der Waals surface area (Å²) in [5, 5.41) is 10.5. The highest BCUT2D eigenvalue weighted by molar-refractivity contribution is 5.42. The normalized spacial score (nSPS) is 22.0. The summed E-state index contributed by atoms with van der Waals surface area (Å²) in [7, 11) is 5.38. The molecule has 1 N–H and O–H groups in total. The molecule has 0 aliphatic carbocycles. The van der Waals surface area contributed by atoms with Gasteiger partial charge in [0.2, 0.25) is 0 Å². The lowest BCUT2D eigenvalue weighted by Crippen LogP contribution is -2.50. The van der Waals surface area contributed by atoms with Crippen LogP contribution in [0.5, 0.6) is 11.5 Å². The van der Waals surface area contributed by atoms with Crippen molar-refractivity contribution >= 4 is 0 Å². The second-order valence-corrected chi connectivity index (χ2v) is 5.71. The van der Waals surface area contributed by atoms with Crippen LogP contribution in [0.4, 0.5) is 0 Å². The molecule has 1 aliphatic rings. The molecule has 2 unspecified atom stereocenters. The molecule has 5 heteroatoms. The van der Waals surface area contributed by atoms with Crippen molar-refractivity contribution < 1.29 is 14.6 Å². The van der Waals surface area contributed by atoms with Crippen LogP contribution in [0, 0.1) is 0 Å². The number of methoxy groups -OCH3 is 2. The lowest BCUT2D eigenvalue weighted by atomic mass is 10.1. The van der Waals surface area contributed by atoms with Crippen molar-refractivity contribution in [1.29, 1.82) is 0 Å². The van der Waals surface area contributed by atoms with Gasteiger partial charge in [0.1, 0.15) is 11.5 Å². The molecule has 0 saturated carbocycles. The van der Waals surface area contributed by atoms with Crippen LogP contribution in [0.3, 0.4) is 0 Å². The van der Waals surface area contributed by atoms with Gasteiger partial charge in [0.05, 0.1) is 20.3 Å². The maximum atomic E-state index is 10.5. The monoisotopic (exact) mass is 294 g/mol. The summed E-state index contributed by atoms with van der Waals surface area (Å²) in [6, 6.07) is 6.06. The Morgan fingerprint density at radius 3 is 2.67 bits per heavy atom. The van der Waals surface area contributed by atoms with E-state index in [-0.39, 0.29) is 0 Å². The van der Waals surface area contributed by atoms with Crippen molar-refractivity contribution in [2.24, 2.45) is 0 Å². The number of aliphatic hydroxyl groups is 1. The van der Waals surface area contributed by atoms with Gasteiger partial charge >= 0.3 is 0 Å². The first kappa shape index (κ1) is 16.1. The smallest absolute Gasteiger partial charge is 0.128 e. The van der Waals surface area contributed by atoms with Crippen LogP contribution in [0.15, 0.2) is 18.2 Å². The first-order valence-corrected chi connectivity index (χ1v) is 7.37. The maximum absolute atomic E-state index is 10.5. The van der Waals surface area contributed by atoms with E-state index in [0.717, 1.165) is 30.9 Å². The Balaban J connectivity index is 2.04. The number of ether oxygens (including phenoxy) is 2. The van der Waals surface area contributed by atoms with E-state index in [1.807, 2.05) is 18.2 Å². The molecule has 118 valence electrons. The fourth-order valence-electron chi connectivity index (χ4n) is 2.73. The van der Waals surface area contributed by atoms with Gasteiger partial charge in [-0.3, -0.25) is 4.90 Å². The van der Waals surface area contributed by atoms with Gasteiger partial charge in [0, 0.05) is 43.9 Å². The lowest BCUT2D eigenvalue weighted by molar-refractivity contribution is 0.0559. The van der Waals surface area contributed by atoms with E-state index in [2.05, 4.69) is 23.8 Å². The summed E-state index contributed by atoms with van der Waals surface area (Å²) in [5.74, 6) is 1.40. The molecular formula is C16H26N2O3. The number of rotatable bonds is 5. The summed E-state index contributed by atoms with van der Waals surface area (Å²) in [6.45, 7) is 5.84. The fourth-order valence-corrected chi connectivity index (χ4v) is 2.73. The Morgan fingerprint density at radius 1 is 1.29 bits per heavy atom. The van der Waals surface area contributed by atoms with Crippen LogP contribution in [0.2, 0.25) is 0 Å². The zero-order chi connectivity index (χ0) is 15.4. The molecule has 2 atom stereocenters. The highest BCUT2D eigenvalue weighted by Crippen LogP contribution is 2.30. The van der Waals surface area contributed by atoms with Gasteiger partial charge in [-0.05, 0) is 26.1 Å². The Labute approximate surface area is 127 Å². The van der Waals surface area contributed by atoms with Gasteiger partial charge in [-0.15, -0.1) is 0 Å². The standard InChI is InChI=1S/C16H26N2O3/c1-12-10-18(8-7-17(12)2)11-15(19)14-6-5-13(20-3)9-16(14)21-4/h5-6,9,12,15,19H,7-8,10-11H2,1-4H3.